The Balaban J connectivity index is 1.68. The summed E-state index contributed by atoms with van der Waals surface area (Å²) in [7, 11) is 0. The highest BCUT2D eigenvalue weighted by Crippen LogP contribution is 2.28. The number of rotatable bonds is 7. The number of ether oxygens (including phenoxy) is 1. The quantitative estimate of drug-likeness (QED) is 0.639. The molecule has 1 aromatic heterocycles. The smallest absolute Gasteiger partial charge is 0.223 e. The molecular formula is C11H17ClN4O2. The van der Waals surface area contributed by atoms with Crippen molar-refractivity contribution >= 4 is 23.4 Å². The first kappa shape index (κ1) is 13.3. The Bertz CT molecular complexity index is 380. The third-order valence-corrected chi connectivity index (χ3v) is 2.79. The van der Waals surface area contributed by atoms with Gasteiger partial charge < -0.3 is 20.9 Å². The number of aliphatic hydroxyl groups is 1. The normalized spacial score (nSPS) is 16.6. The average Bonchev–Trinajstić information content (AvgIpc) is 3.09. The van der Waals surface area contributed by atoms with Gasteiger partial charge in [-0.3, -0.25) is 0 Å². The number of hydrogen-bond acceptors (Lipinski definition) is 6. The molecule has 1 heterocycles. The fourth-order valence-electron chi connectivity index (χ4n) is 1.46. The fraction of sp³-hybridized carbons (Fsp3) is 0.636. The maximum Gasteiger partial charge on any atom is 0.223 e. The summed E-state index contributed by atoms with van der Waals surface area (Å²) < 4.78 is 5.38. The van der Waals surface area contributed by atoms with Crippen LogP contribution in [0.15, 0.2) is 6.07 Å². The van der Waals surface area contributed by atoms with Crippen molar-refractivity contribution < 1.29 is 9.84 Å². The van der Waals surface area contributed by atoms with Gasteiger partial charge in [0, 0.05) is 19.2 Å². The van der Waals surface area contributed by atoms with E-state index < -0.39 is 6.10 Å². The Kier molecular flexibility index (Phi) is 4.57. The zero-order valence-corrected chi connectivity index (χ0v) is 10.7. The Morgan fingerprint density at radius 3 is 3.00 bits per heavy atom. The van der Waals surface area contributed by atoms with E-state index in [1.165, 1.54) is 12.8 Å². The van der Waals surface area contributed by atoms with E-state index in [4.69, 9.17) is 22.1 Å². The molecule has 1 fully saturated rings. The number of anilines is 2. The Morgan fingerprint density at radius 2 is 2.33 bits per heavy atom. The third-order valence-electron chi connectivity index (χ3n) is 2.59. The topological polar surface area (TPSA) is 93.3 Å². The molecule has 1 saturated carbocycles. The third kappa shape index (κ3) is 4.64. The van der Waals surface area contributed by atoms with Gasteiger partial charge in [-0.1, -0.05) is 11.6 Å². The molecule has 0 spiro atoms. The first-order chi connectivity index (χ1) is 8.63. The van der Waals surface area contributed by atoms with Crippen molar-refractivity contribution in [3.63, 3.8) is 0 Å². The first-order valence-corrected chi connectivity index (χ1v) is 6.31. The van der Waals surface area contributed by atoms with Crippen LogP contribution in [0.5, 0.6) is 0 Å². The van der Waals surface area contributed by atoms with Gasteiger partial charge >= 0.3 is 0 Å². The molecule has 7 heteroatoms. The van der Waals surface area contributed by atoms with Crippen molar-refractivity contribution in [3.05, 3.63) is 11.2 Å². The Hall–Kier alpha value is -1.11. The van der Waals surface area contributed by atoms with Crippen LogP contribution in [0.2, 0.25) is 5.15 Å². The number of nitrogen functional groups attached to an aromatic ring is 1. The molecule has 1 atom stereocenters. The molecule has 0 radical (unpaired) electrons. The van der Waals surface area contributed by atoms with Crippen molar-refractivity contribution in [2.75, 3.05) is 30.8 Å². The zero-order chi connectivity index (χ0) is 13.0. The second kappa shape index (κ2) is 6.17. The molecule has 2 rings (SSSR count). The van der Waals surface area contributed by atoms with E-state index in [-0.39, 0.29) is 11.1 Å². The van der Waals surface area contributed by atoms with Gasteiger partial charge in [0.25, 0.3) is 0 Å². The molecule has 100 valence electrons. The molecule has 0 aromatic carbocycles. The predicted molar refractivity (Wildman–Crippen MR) is 69.5 cm³/mol. The summed E-state index contributed by atoms with van der Waals surface area (Å²) in [6.45, 7) is 1.39. The van der Waals surface area contributed by atoms with E-state index in [9.17, 15) is 5.11 Å². The van der Waals surface area contributed by atoms with Gasteiger partial charge in [-0.15, -0.1) is 0 Å². The first-order valence-electron chi connectivity index (χ1n) is 5.93. The van der Waals surface area contributed by atoms with Crippen LogP contribution < -0.4 is 11.1 Å². The van der Waals surface area contributed by atoms with E-state index in [0.717, 1.165) is 6.61 Å². The van der Waals surface area contributed by atoms with Crippen LogP contribution in [-0.4, -0.2) is 40.9 Å². The lowest BCUT2D eigenvalue weighted by atomic mass is 10.3. The largest absolute Gasteiger partial charge is 0.389 e. The van der Waals surface area contributed by atoms with Gasteiger partial charge in [0.05, 0.1) is 12.7 Å². The van der Waals surface area contributed by atoms with E-state index in [1.54, 1.807) is 6.07 Å². The van der Waals surface area contributed by atoms with Crippen LogP contribution in [0.4, 0.5) is 11.8 Å². The highest BCUT2D eigenvalue weighted by Gasteiger charge is 2.21. The summed E-state index contributed by atoms with van der Waals surface area (Å²) in [5.74, 6) is 1.30. The Morgan fingerprint density at radius 1 is 1.56 bits per heavy atom. The average molecular weight is 273 g/mol. The van der Waals surface area contributed by atoms with E-state index >= 15 is 0 Å². The van der Waals surface area contributed by atoms with Gasteiger partial charge in [0.1, 0.15) is 11.0 Å². The highest BCUT2D eigenvalue weighted by atomic mass is 35.5. The summed E-state index contributed by atoms with van der Waals surface area (Å²) in [6, 6.07) is 1.55. The highest BCUT2D eigenvalue weighted by molar-refractivity contribution is 6.29. The molecule has 18 heavy (non-hydrogen) atoms. The van der Waals surface area contributed by atoms with Crippen LogP contribution >= 0.6 is 11.6 Å². The maximum atomic E-state index is 9.69. The van der Waals surface area contributed by atoms with Crippen molar-refractivity contribution in [2.45, 2.75) is 18.9 Å². The van der Waals surface area contributed by atoms with Crippen LogP contribution in [0.25, 0.3) is 0 Å². The molecule has 0 amide bonds. The molecule has 6 nitrogen and oxygen atoms in total. The van der Waals surface area contributed by atoms with Crippen molar-refractivity contribution in [2.24, 2.45) is 5.92 Å². The lowest BCUT2D eigenvalue weighted by Gasteiger charge is -2.12. The van der Waals surface area contributed by atoms with Gasteiger partial charge in [0.2, 0.25) is 5.95 Å². The van der Waals surface area contributed by atoms with Crippen molar-refractivity contribution in [1.29, 1.82) is 0 Å². The van der Waals surface area contributed by atoms with Crippen molar-refractivity contribution in [3.8, 4) is 0 Å². The second-order valence-electron chi connectivity index (χ2n) is 4.45. The van der Waals surface area contributed by atoms with Crippen LogP contribution in [0, 0.1) is 5.92 Å². The molecule has 1 unspecified atom stereocenters. The summed E-state index contributed by atoms with van der Waals surface area (Å²) in [4.78, 5) is 7.69. The standard InChI is InChI=1S/C11H17ClN4O2/c12-9-3-10(16-11(13)15-9)14-4-8(17)6-18-5-7-1-2-7/h3,7-8,17H,1-2,4-6H2,(H3,13,14,15,16). The second-order valence-corrected chi connectivity index (χ2v) is 4.84. The number of nitrogens with zero attached hydrogens (tertiary/aromatic N) is 2. The molecule has 1 aliphatic rings. The number of nitrogens with two attached hydrogens (primary N) is 1. The van der Waals surface area contributed by atoms with Crippen LogP contribution in [0.1, 0.15) is 12.8 Å². The van der Waals surface area contributed by atoms with Crippen LogP contribution in [0.3, 0.4) is 0 Å². The molecule has 1 aliphatic carbocycles. The minimum Gasteiger partial charge on any atom is -0.389 e. The Labute approximate surface area is 111 Å². The number of aliphatic hydroxyl groups excluding tert-OH is 1. The monoisotopic (exact) mass is 272 g/mol. The molecule has 1 aromatic rings. The minimum atomic E-state index is -0.585. The number of nitrogens with one attached hydrogen (secondary N) is 1. The van der Waals surface area contributed by atoms with Gasteiger partial charge in [-0.2, -0.15) is 4.98 Å². The number of aromatic nitrogens is 2. The van der Waals surface area contributed by atoms with E-state index in [0.29, 0.717) is 24.9 Å². The predicted octanol–water partition coefficient (Wildman–Crippen LogP) is 0.912. The van der Waals surface area contributed by atoms with Gasteiger partial charge in [-0.25, -0.2) is 4.98 Å². The lowest BCUT2D eigenvalue weighted by Crippen LogP contribution is -2.25. The summed E-state index contributed by atoms with van der Waals surface area (Å²) in [5, 5.41) is 12.9. The molecule has 4 N–H and O–H groups in total. The molecular weight excluding hydrogens is 256 g/mol. The SMILES string of the molecule is Nc1nc(Cl)cc(NCC(O)COCC2CC2)n1. The maximum absolute atomic E-state index is 9.69. The van der Waals surface area contributed by atoms with Crippen molar-refractivity contribution in [1.82, 2.24) is 9.97 Å². The summed E-state index contributed by atoms with van der Waals surface area (Å²) >= 11 is 5.73. The summed E-state index contributed by atoms with van der Waals surface area (Å²) in [6.07, 6.45) is 1.90. The van der Waals surface area contributed by atoms with Gasteiger partial charge in [0.15, 0.2) is 0 Å². The van der Waals surface area contributed by atoms with E-state index in [2.05, 4.69) is 15.3 Å². The molecule has 0 bridgehead atoms. The zero-order valence-electron chi connectivity index (χ0n) is 9.97. The minimum absolute atomic E-state index is 0.101. The number of hydrogen-bond donors (Lipinski definition) is 3. The van der Waals surface area contributed by atoms with Crippen LogP contribution in [-0.2, 0) is 4.74 Å². The molecule has 0 saturated heterocycles. The fourth-order valence-corrected chi connectivity index (χ4v) is 1.65. The van der Waals surface area contributed by atoms with E-state index in [1.807, 2.05) is 0 Å². The summed E-state index contributed by atoms with van der Waals surface area (Å²) in [5.41, 5.74) is 5.45. The lowest BCUT2D eigenvalue weighted by molar-refractivity contribution is 0.0386. The van der Waals surface area contributed by atoms with Gasteiger partial charge in [-0.05, 0) is 18.8 Å². The number of halogens is 1. The molecule has 0 aliphatic heterocycles.